The number of phenols is 2. The molecule has 0 aromatic heterocycles. The van der Waals surface area contributed by atoms with E-state index in [0.29, 0.717) is 18.2 Å². The van der Waals surface area contributed by atoms with E-state index >= 15 is 0 Å². The summed E-state index contributed by atoms with van der Waals surface area (Å²) in [6.45, 7) is 2.78. The number of hydrogen-bond acceptors (Lipinski definition) is 23. The summed E-state index contributed by atoms with van der Waals surface area (Å²) in [5.74, 6) is -16.2. The summed E-state index contributed by atoms with van der Waals surface area (Å²) in [5.41, 5.74) is 0.498. The average molecular weight is 2030 g/mol. The van der Waals surface area contributed by atoms with Crippen molar-refractivity contribution < 1.29 is 229 Å². The second kappa shape index (κ2) is 63.8. The first-order chi connectivity index (χ1) is 62.2. The number of hydrogen-bond donors (Lipinski definition) is 8. The molecule has 0 spiro atoms. The molecule has 0 unspecified atom stereocenters. The molecule has 48 heteroatoms. The smallest absolute Gasteiger partial charge is 0.870 e. The van der Waals surface area contributed by atoms with E-state index in [2.05, 4.69) is 45.1 Å². The molecule has 135 heavy (non-hydrogen) atoms. The Bertz CT molecular complexity index is 5410. The number of methoxy groups -OCH3 is 2. The van der Waals surface area contributed by atoms with Gasteiger partial charge in [-0.05, 0) is 123 Å². The van der Waals surface area contributed by atoms with E-state index in [1.54, 1.807) is 66.4 Å². The summed E-state index contributed by atoms with van der Waals surface area (Å²) in [6.07, 6.45) is 7.59. The predicted octanol–water partition coefficient (Wildman–Crippen LogP) is 16.8. The number of carboxylic acid groups (broad SMARTS) is 3. The third-order valence-electron chi connectivity index (χ3n) is 14.7. The van der Waals surface area contributed by atoms with Crippen molar-refractivity contribution in [1.29, 1.82) is 0 Å². The van der Waals surface area contributed by atoms with E-state index in [0.717, 1.165) is 123 Å². The zero-order valence-corrected chi connectivity index (χ0v) is 76.1. The molecule has 9 aromatic carbocycles. The minimum Gasteiger partial charge on any atom is -0.870 e. The number of ether oxygens (including phenoxy) is 9. The first-order valence-corrected chi connectivity index (χ1v) is 39.2. The molecular formula is C87H84BrF16N2NaO27S. The molecule has 1 aliphatic heterocycles. The molecule has 0 bridgehead atoms. The van der Waals surface area contributed by atoms with E-state index in [4.69, 9.17) is 52.5 Å². The predicted molar refractivity (Wildman–Crippen MR) is 452 cm³/mol. The number of alkyl halides is 11. The van der Waals surface area contributed by atoms with Gasteiger partial charge in [0.2, 0.25) is 0 Å². The number of halogens is 17. The van der Waals surface area contributed by atoms with Gasteiger partial charge in [0.15, 0.2) is 0 Å². The number of benzene rings is 9. The Morgan fingerprint density at radius 2 is 0.785 bits per heavy atom. The maximum Gasteiger partial charge on any atom is 1.00 e. The summed E-state index contributed by atoms with van der Waals surface area (Å²) in [4.78, 5) is 85.7. The average Bonchev–Trinajstić information content (AvgIpc) is 0.810. The molecule has 0 saturated carbocycles. The van der Waals surface area contributed by atoms with Crippen LogP contribution in [0.2, 0.25) is 0 Å². The molecule has 1 amide bonds. The Balaban J connectivity index is 0. The fourth-order valence-electron chi connectivity index (χ4n) is 9.28. The van der Waals surface area contributed by atoms with Crippen LogP contribution in [0.1, 0.15) is 125 Å². The van der Waals surface area contributed by atoms with Gasteiger partial charge >= 0.3 is 119 Å². The molecule has 730 valence electrons. The number of piperazine rings is 1. The van der Waals surface area contributed by atoms with Crippen LogP contribution in [-0.4, -0.2) is 192 Å². The van der Waals surface area contributed by atoms with E-state index in [1.807, 2.05) is 91.3 Å². The van der Waals surface area contributed by atoms with Crippen molar-refractivity contribution in [2.45, 2.75) is 71.5 Å². The van der Waals surface area contributed by atoms with Crippen LogP contribution in [0.25, 0.3) is 30.4 Å². The van der Waals surface area contributed by atoms with Crippen molar-refractivity contribution in [3.8, 4) is 34.5 Å². The molecule has 10 rings (SSSR count). The van der Waals surface area contributed by atoms with Crippen LogP contribution in [0, 0.1) is 34.9 Å². The number of nitrogens with one attached hydrogen (secondary N) is 1. The van der Waals surface area contributed by atoms with Gasteiger partial charge in [0.1, 0.15) is 108 Å². The third kappa shape index (κ3) is 52.7. The normalized spacial score (nSPS) is 11.1. The maximum atomic E-state index is 13.7. The van der Waals surface area contributed by atoms with Crippen molar-refractivity contribution in [3.05, 3.63) is 291 Å². The number of amides is 1. The molecular weight excluding hydrogens is 1940 g/mol. The van der Waals surface area contributed by atoms with Crippen molar-refractivity contribution in [2.24, 2.45) is 0 Å². The number of phenolic OH excluding ortho intramolecular Hbond substituents is 1. The molecule has 1 saturated heterocycles. The molecule has 9 aromatic rings. The topological polar surface area (TPSA) is 441 Å². The van der Waals surface area contributed by atoms with Crippen LogP contribution in [0.15, 0.2) is 195 Å². The molecule has 1 aliphatic rings. The Morgan fingerprint density at radius 3 is 1.11 bits per heavy atom. The Kier molecular flexibility index (Phi) is 58.4. The summed E-state index contributed by atoms with van der Waals surface area (Å²) < 4.78 is 268. The molecule has 0 atom stereocenters. The number of nitrogens with zero attached hydrogens (tertiary/aromatic N) is 1. The van der Waals surface area contributed by atoms with Crippen LogP contribution in [-0.2, 0) is 38.9 Å². The second-order valence-electron chi connectivity index (χ2n) is 25.5. The zero-order valence-electron chi connectivity index (χ0n) is 71.7. The standard InChI is InChI=1S/C18H15F3O3.C16H11F3O3.C9H7F3O3.C9H18N2O2.C8H5F3O3.C8H7FO3.C8H8.C7H5FO3.C4H5BrF2O2.Na.H2O4S.H2O/c1-2-23-17(22)16-13(9-8-12-6-4-3-5-7-12)10-14(19)11-15(16)24-18(20)21;17-12-8-11(7-6-10-4-2-1-3-5-10)14(15(20)21)13(9-12)22-16(18)19;1-14-8(13)6-3-2-5(10)4-7(6)15-9(11)12;1-9(2,3)13-8(12)11-6-4-10-5-7-11;9-4-1-2-5(7(12)13)6(3-4)14-8(10)11;1-12-8(11)6-3-2-5(9)4-7(6)10;1-2-8-6-4-3-5-7-8;8-4-1-2-5(7(10)11)6(9)3-4;1-2-9-3(8)4(5,6)7;;1-5(2,3)4;/h3-11,18H,2H2,1H3;1-9,16H,(H,20,21);2-4,9H,1H3;10H,4-7H2,1-3H3;1-3,8H,(H,12,13);2-4,10H,1H3;2-7H,1H2;1-3,9H,(H,10,11);2H2,1H3;;(H2,1,2,3,4);1H2/q;;;;;;;;;+1;;/p-1/b9-8+;7-6+;;;;;;;;;;. The molecule has 0 radical (unpaired) electrons. The number of esters is 4. The summed E-state index contributed by atoms with van der Waals surface area (Å²) in [5, 5.41) is 47.1. The number of carboxylic acids is 3. The van der Waals surface area contributed by atoms with Gasteiger partial charge in [0.05, 0.1) is 27.4 Å². The van der Waals surface area contributed by atoms with Gasteiger partial charge in [-0.3, -0.25) is 9.11 Å². The van der Waals surface area contributed by atoms with Gasteiger partial charge in [-0.15, -0.1) is 0 Å². The first-order valence-electron chi connectivity index (χ1n) is 37.0. The van der Waals surface area contributed by atoms with Gasteiger partial charge in [0.25, 0.3) is 0 Å². The third-order valence-corrected chi connectivity index (χ3v) is 15.0. The van der Waals surface area contributed by atoms with Gasteiger partial charge in [-0.2, -0.15) is 52.3 Å². The molecule has 9 N–H and O–H groups in total. The van der Waals surface area contributed by atoms with E-state index in [-0.39, 0.29) is 93.3 Å². The van der Waals surface area contributed by atoms with Crippen LogP contribution in [0.4, 0.5) is 75.0 Å². The van der Waals surface area contributed by atoms with E-state index in [9.17, 15) is 109 Å². The van der Waals surface area contributed by atoms with Gasteiger partial charge in [-0.25, -0.2) is 64.7 Å². The Hall–Kier alpha value is -13.3. The van der Waals surface area contributed by atoms with Gasteiger partial charge < -0.3 is 83.9 Å². The minimum atomic E-state index is -4.67. The quantitative estimate of drug-likeness (QED) is 0.00594. The van der Waals surface area contributed by atoms with Gasteiger partial charge in [-0.1, -0.05) is 128 Å². The van der Waals surface area contributed by atoms with Crippen LogP contribution in [0.3, 0.4) is 0 Å². The molecule has 1 heterocycles. The zero-order chi connectivity index (χ0) is 101. The fraction of sp³-hybridized carbons (Fsp3) is 0.218. The van der Waals surface area contributed by atoms with E-state index in [1.165, 1.54) is 31.7 Å². The first kappa shape index (κ1) is 124. The number of aromatic carboxylic acids is 3. The molecule has 29 nitrogen and oxygen atoms in total. The number of rotatable bonds is 22. The summed E-state index contributed by atoms with van der Waals surface area (Å²) >= 11 is 1.84. The SMILES string of the molecule is C=Cc1ccccc1.CC(C)(C)OC(=O)N1CCNCC1.CCOC(=O)C(F)(F)Br.CCOC(=O)c1c(/C=C/c2ccccc2)cc(F)cc1OC(F)F.COC(=O)c1ccc(F)cc1O.COC(=O)c1ccc(F)cc1OC(F)F.O=C(O)c1c(/C=C/c2ccccc2)cc(F)cc1OC(F)F.O=C(O)c1ccc(F)cc1O.O=C(O)c1ccc(F)cc1OC(F)F.O=S(=O)(O)O.[Na+].[OH-]. The Morgan fingerprint density at radius 1 is 0.459 bits per heavy atom. The number of carbonyl (C=O) groups is 8. The van der Waals surface area contributed by atoms with Crippen molar-refractivity contribution in [1.82, 2.24) is 10.2 Å². The Labute approximate surface area is 790 Å². The van der Waals surface area contributed by atoms with Crippen molar-refractivity contribution in [3.63, 3.8) is 0 Å². The molecule has 1 fully saturated rings. The summed E-state index contributed by atoms with van der Waals surface area (Å²) in [7, 11) is -2.40. The van der Waals surface area contributed by atoms with Crippen molar-refractivity contribution >= 4 is 105 Å². The monoisotopic (exact) mass is 2030 g/mol. The van der Waals surface area contributed by atoms with Crippen LogP contribution in [0.5, 0.6) is 34.5 Å². The molecule has 0 aliphatic carbocycles. The second-order valence-corrected chi connectivity index (χ2v) is 27.4. The van der Waals surface area contributed by atoms with E-state index < -0.39 is 164 Å². The number of aromatic hydroxyl groups is 2. The minimum absolute atomic E-state index is 0. The van der Waals surface area contributed by atoms with Crippen molar-refractivity contribution in [2.75, 3.05) is 53.6 Å². The van der Waals surface area contributed by atoms with Crippen LogP contribution >= 0.6 is 15.9 Å². The largest absolute Gasteiger partial charge is 1.00 e. The summed E-state index contributed by atoms with van der Waals surface area (Å²) in [6, 6.07) is 42.1. The van der Waals surface area contributed by atoms with Crippen LogP contribution < -0.4 is 53.8 Å². The number of carbonyl (C=O) groups excluding carboxylic acids is 5. The fourth-order valence-corrected chi connectivity index (χ4v) is 9.39. The maximum absolute atomic E-state index is 13.7. The van der Waals surface area contributed by atoms with Gasteiger partial charge in [0, 0.05) is 78.5 Å².